The van der Waals surface area contributed by atoms with Crippen LogP contribution in [0.5, 0.6) is 23.0 Å². The van der Waals surface area contributed by atoms with Crippen LogP contribution in [0.4, 0.5) is 13.2 Å². The largest absolute Gasteiger partial charge is 0.496 e. The average Bonchev–Trinajstić information content (AvgIpc) is 3.09. The van der Waals surface area contributed by atoms with Crippen LogP contribution in [-0.4, -0.2) is 53.8 Å². The Labute approximate surface area is 294 Å². The van der Waals surface area contributed by atoms with Gasteiger partial charge < -0.3 is 32.8 Å². The fraction of sp³-hybridized carbons (Fsp3) is 0.333. The molecule has 0 amide bonds. The molecule has 1 aromatic heterocycles. The van der Waals surface area contributed by atoms with Gasteiger partial charge in [-0.05, 0) is 44.9 Å². The van der Waals surface area contributed by atoms with E-state index in [1.54, 1.807) is 18.2 Å². The van der Waals surface area contributed by atoms with E-state index in [-0.39, 0.29) is 46.0 Å². The molecular weight excluding hydrogens is 669 g/mol. The number of rotatable bonds is 14. The fourth-order valence-electron chi connectivity index (χ4n) is 5.77. The second-order valence-corrected chi connectivity index (χ2v) is 12.0. The highest BCUT2D eigenvalue weighted by Crippen LogP contribution is 2.44. The van der Waals surface area contributed by atoms with Crippen LogP contribution in [0, 0.1) is 0 Å². The number of allylic oxidation sites excluding steroid dienone is 2. The Balaban J connectivity index is 1.88. The minimum atomic E-state index is -5.18. The third-order valence-corrected chi connectivity index (χ3v) is 8.40. The van der Waals surface area contributed by atoms with Crippen LogP contribution in [0.3, 0.4) is 0 Å². The van der Waals surface area contributed by atoms with Crippen LogP contribution >= 0.6 is 0 Å². The lowest BCUT2D eigenvalue weighted by atomic mass is 9.92. The Morgan fingerprint density at radius 2 is 1.53 bits per heavy atom. The van der Waals surface area contributed by atoms with E-state index < -0.39 is 34.8 Å². The maximum absolute atomic E-state index is 14.7. The summed E-state index contributed by atoms with van der Waals surface area (Å²) in [6.07, 6.45) is -4.28. The van der Waals surface area contributed by atoms with E-state index in [4.69, 9.17) is 32.8 Å². The van der Waals surface area contributed by atoms with E-state index in [1.165, 1.54) is 59.6 Å². The summed E-state index contributed by atoms with van der Waals surface area (Å²) in [6.45, 7) is 9.30. The summed E-state index contributed by atoms with van der Waals surface area (Å²) in [5, 5.41) is 0.221. The number of methoxy groups -OCH3 is 5. The first-order valence-electron chi connectivity index (χ1n) is 15.8. The summed E-state index contributed by atoms with van der Waals surface area (Å²) in [4.78, 5) is 27.3. The van der Waals surface area contributed by atoms with Crippen molar-refractivity contribution in [3.63, 3.8) is 0 Å². The number of carbonyl (C=O) groups is 1. The number of carbonyl (C=O) groups excluding carboxylic acids is 1. The molecule has 0 aliphatic heterocycles. The number of hydrogen-bond acceptors (Lipinski definition) is 9. The summed E-state index contributed by atoms with van der Waals surface area (Å²) in [5.74, 6) is -0.367. The van der Waals surface area contributed by atoms with Crippen LogP contribution in [0.2, 0.25) is 0 Å². The Bertz CT molecular complexity index is 1990. The highest BCUT2D eigenvalue weighted by atomic mass is 19.4. The van der Waals surface area contributed by atoms with Gasteiger partial charge in [-0.3, -0.25) is 4.79 Å². The highest BCUT2D eigenvalue weighted by Gasteiger charge is 2.64. The summed E-state index contributed by atoms with van der Waals surface area (Å²) >= 11 is 0. The van der Waals surface area contributed by atoms with Gasteiger partial charge in [0.05, 0.1) is 28.4 Å². The third-order valence-electron chi connectivity index (χ3n) is 8.40. The van der Waals surface area contributed by atoms with Gasteiger partial charge in [-0.15, -0.1) is 0 Å². The molecule has 2 atom stereocenters. The van der Waals surface area contributed by atoms with Crippen molar-refractivity contribution in [1.29, 1.82) is 0 Å². The maximum atomic E-state index is 14.7. The Morgan fingerprint density at radius 3 is 2.06 bits per heavy atom. The van der Waals surface area contributed by atoms with Gasteiger partial charge in [0.1, 0.15) is 34.3 Å². The van der Waals surface area contributed by atoms with Crippen molar-refractivity contribution in [2.75, 3.05) is 35.5 Å². The Morgan fingerprint density at radius 1 is 0.882 bits per heavy atom. The predicted octanol–water partition coefficient (Wildman–Crippen LogP) is 8.14. The van der Waals surface area contributed by atoms with Crippen LogP contribution in [0.25, 0.3) is 22.3 Å². The zero-order chi connectivity index (χ0) is 37.7. The van der Waals surface area contributed by atoms with Crippen molar-refractivity contribution in [1.82, 2.24) is 0 Å². The molecule has 0 bridgehead atoms. The number of ether oxygens (including phenoxy) is 6. The zero-order valence-corrected chi connectivity index (χ0v) is 29.8. The second kappa shape index (κ2) is 15.8. The van der Waals surface area contributed by atoms with E-state index >= 15 is 0 Å². The van der Waals surface area contributed by atoms with Gasteiger partial charge in [-0.2, -0.15) is 13.2 Å². The molecule has 0 saturated heterocycles. The number of hydrogen-bond donors (Lipinski definition) is 0. The van der Waals surface area contributed by atoms with Crippen molar-refractivity contribution >= 4 is 16.9 Å². The van der Waals surface area contributed by atoms with E-state index in [9.17, 15) is 22.8 Å². The van der Waals surface area contributed by atoms with Gasteiger partial charge in [0.15, 0.2) is 16.9 Å². The lowest BCUT2D eigenvalue weighted by molar-refractivity contribution is -0.277. The van der Waals surface area contributed by atoms with E-state index in [1.807, 2.05) is 19.9 Å². The molecule has 0 aliphatic rings. The smallest absolute Gasteiger partial charge is 0.432 e. The molecule has 0 unspecified atom stereocenters. The Kier molecular flexibility index (Phi) is 11.9. The van der Waals surface area contributed by atoms with Gasteiger partial charge in [0, 0.05) is 47.9 Å². The standard InChI is InChI=1S/C39H41F3O9/c1-22(2)15-16-27-31(45-5)21-32(46-6)34-28(43)20-30(50-36(27)34)24-17-25(35(48-8)33(18-24)47-7)19-29(23(3)4)51-37(44)38(49-9,39(40,41)42)26-13-11-10-12-14-26/h10-15,17-18,20-21,29H,3,16,19H2,1-2,4-9H3/t29-,38-/m0/s1. The first-order valence-corrected chi connectivity index (χ1v) is 15.8. The normalized spacial score (nSPS) is 13.2. The quantitative estimate of drug-likeness (QED) is 0.0948. The number of esters is 1. The lowest BCUT2D eigenvalue weighted by Gasteiger charge is -2.34. The van der Waals surface area contributed by atoms with Crippen LogP contribution in [-0.2, 0) is 32.7 Å². The number of halogens is 3. The van der Waals surface area contributed by atoms with Crippen molar-refractivity contribution in [2.24, 2.45) is 0 Å². The van der Waals surface area contributed by atoms with Crippen LogP contribution < -0.4 is 24.4 Å². The van der Waals surface area contributed by atoms with E-state index in [2.05, 4.69) is 6.58 Å². The topological polar surface area (TPSA) is 103 Å². The maximum Gasteiger partial charge on any atom is 0.432 e. The average molecular weight is 711 g/mol. The lowest BCUT2D eigenvalue weighted by Crippen LogP contribution is -2.52. The molecule has 1 heterocycles. The van der Waals surface area contributed by atoms with E-state index in [0.29, 0.717) is 28.9 Å². The summed E-state index contributed by atoms with van der Waals surface area (Å²) in [5.41, 5.74) is -1.37. The molecule has 0 aliphatic carbocycles. The van der Waals surface area contributed by atoms with Gasteiger partial charge in [-0.25, -0.2) is 4.79 Å². The highest BCUT2D eigenvalue weighted by molar-refractivity contribution is 5.90. The summed E-state index contributed by atoms with van der Waals surface area (Å²) < 4.78 is 83.4. The van der Waals surface area contributed by atoms with Crippen molar-refractivity contribution in [3.05, 3.63) is 105 Å². The molecule has 9 nitrogen and oxygen atoms in total. The molecule has 4 aromatic rings. The Hall–Kier alpha value is -5.23. The minimum absolute atomic E-state index is 0.145. The van der Waals surface area contributed by atoms with Crippen LogP contribution in [0.15, 0.2) is 87.6 Å². The molecule has 0 N–H and O–H groups in total. The molecule has 12 heteroatoms. The summed E-state index contributed by atoms with van der Waals surface area (Å²) in [7, 11) is 6.53. The molecule has 3 aromatic carbocycles. The van der Waals surface area contributed by atoms with Gasteiger partial charge >= 0.3 is 12.1 Å². The molecular formula is C39H41F3O9. The second-order valence-electron chi connectivity index (χ2n) is 12.0. The zero-order valence-electron chi connectivity index (χ0n) is 29.8. The fourth-order valence-corrected chi connectivity index (χ4v) is 5.77. The van der Waals surface area contributed by atoms with Crippen molar-refractivity contribution in [3.8, 4) is 34.3 Å². The molecule has 51 heavy (non-hydrogen) atoms. The van der Waals surface area contributed by atoms with Crippen molar-refractivity contribution < 1.29 is 50.8 Å². The van der Waals surface area contributed by atoms with Gasteiger partial charge in [0.25, 0.3) is 5.60 Å². The molecule has 0 spiro atoms. The molecule has 4 rings (SSSR count). The monoisotopic (exact) mass is 710 g/mol. The molecule has 0 radical (unpaired) electrons. The molecule has 0 saturated carbocycles. The summed E-state index contributed by atoms with van der Waals surface area (Å²) in [6, 6.07) is 12.7. The SMILES string of the molecule is C=C(C)[C@H](Cc1cc(-c2cc(=O)c3c(OC)cc(OC)c(CC=C(C)C)c3o2)cc(OC)c1OC)OC(=O)[C@@](OC)(c1ccccc1)C(F)(F)F. The number of benzene rings is 3. The van der Waals surface area contributed by atoms with Gasteiger partial charge in [0.2, 0.25) is 0 Å². The number of alkyl halides is 3. The third kappa shape index (κ3) is 7.61. The minimum Gasteiger partial charge on any atom is -0.496 e. The first-order chi connectivity index (χ1) is 24.2. The number of fused-ring (bicyclic) bond motifs is 1. The molecule has 0 fully saturated rings. The van der Waals surface area contributed by atoms with Crippen molar-refractivity contribution in [2.45, 2.75) is 51.5 Å². The van der Waals surface area contributed by atoms with Gasteiger partial charge in [-0.1, -0.05) is 48.6 Å². The van der Waals surface area contributed by atoms with Crippen LogP contribution in [0.1, 0.15) is 37.5 Å². The first kappa shape index (κ1) is 38.6. The van der Waals surface area contributed by atoms with E-state index in [0.717, 1.165) is 24.8 Å². The molecule has 272 valence electrons. The predicted molar refractivity (Wildman–Crippen MR) is 187 cm³/mol.